The standard InChI is InChI=1S/C12H15FN2O3/c1-14(9-5-6-9)7-8-18-11-4-2-3-10(13)12(11)15(16)17/h2-4,9H,5-8H2,1H3. The van der Waals surface area contributed by atoms with Crippen molar-refractivity contribution >= 4 is 5.69 Å². The predicted molar refractivity (Wildman–Crippen MR) is 64.2 cm³/mol. The van der Waals surface area contributed by atoms with E-state index in [9.17, 15) is 14.5 Å². The van der Waals surface area contributed by atoms with Crippen LogP contribution in [0.25, 0.3) is 0 Å². The van der Waals surface area contributed by atoms with Gasteiger partial charge in [-0.25, -0.2) is 0 Å². The average molecular weight is 254 g/mol. The molecular weight excluding hydrogens is 239 g/mol. The topological polar surface area (TPSA) is 55.6 Å². The molecule has 1 aromatic carbocycles. The first kappa shape index (κ1) is 12.8. The number of para-hydroxylation sites is 1. The second-order valence-electron chi connectivity index (χ2n) is 4.40. The van der Waals surface area contributed by atoms with Crippen molar-refractivity contribution in [1.82, 2.24) is 4.90 Å². The van der Waals surface area contributed by atoms with Crippen LogP contribution in [0.4, 0.5) is 10.1 Å². The Balaban J connectivity index is 1.95. The summed E-state index contributed by atoms with van der Waals surface area (Å²) in [6, 6.07) is 4.48. The molecule has 0 bridgehead atoms. The van der Waals surface area contributed by atoms with E-state index < -0.39 is 16.4 Å². The van der Waals surface area contributed by atoms with Crippen molar-refractivity contribution in [2.75, 3.05) is 20.2 Å². The lowest BCUT2D eigenvalue weighted by Crippen LogP contribution is -2.26. The van der Waals surface area contributed by atoms with Crippen molar-refractivity contribution in [3.05, 3.63) is 34.1 Å². The van der Waals surface area contributed by atoms with E-state index >= 15 is 0 Å². The normalized spacial score (nSPS) is 14.8. The number of hydrogen-bond acceptors (Lipinski definition) is 4. The minimum Gasteiger partial charge on any atom is -0.485 e. The summed E-state index contributed by atoms with van der Waals surface area (Å²) in [6.07, 6.45) is 2.38. The van der Waals surface area contributed by atoms with Crippen LogP contribution in [0.3, 0.4) is 0 Å². The molecule has 0 spiro atoms. The Labute approximate surface area is 104 Å². The highest BCUT2D eigenvalue weighted by Crippen LogP contribution is 2.29. The summed E-state index contributed by atoms with van der Waals surface area (Å²) < 4.78 is 18.6. The van der Waals surface area contributed by atoms with Gasteiger partial charge in [-0.1, -0.05) is 6.07 Å². The van der Waals surface area contributed by atoms with Crippen LogP contribution in [-0.4, -0.2) is 36.1 Å². The molecule has 0 heterocycles. The van der Waals surface area contributed by atoms with E-state index in [0.29, 0.717) is 19.2 Å². The Morgan fingerprint density at radius 3 is 2.89 bits per heavy atom. The summed E-state index contributed by atoms with van der Waals surface area (Å²) >= 11 is 0. The van der Waals surface area contributed by atoms with Gasteiger partial charge in [0.15, 0.2) is 5.75 Å². The fourth-order valence-electron chi connectivity index (χ4n) is 1.79. The van der Waals surface area contributed by atoms with Gasteiger partial charge in [-0.15, -0.1) is 0 Å². The van der Waals surface area contributed by atoms with E-state index in [-0.39, 0.29) is 5.75 Å². The Bertz CT molecular complexity index is 449. The maximum Gasteiger partial charge on any atom is 0.346 e. The molecule has 2 rings (SSSR count). The molecule has 98 valence electrons. The molecule has 1 fully saturated rings. The summed E-state index contributed by atoms with van der Waals surface area (Å²) in [5.41, 5.74) is -0.591. The van der Waals surface area contributed by atoms with Crippen molar-refractivity contribution < 1.29 is 14.1 Å². The SMILES string of the molecule is CN(CCOc1cccc(F)c1[N+](=O)[O-])C1CC1. The van der Waals surface area contributed by atoms with Crippen molar-refractivity contribution in [2.45, 2.75) is 18.9 Å². The zero-order valence-corrected chi connectivity index (χ0v) is 10.1. The average Bonchev–Trinajstić information content (AvgIpc) is 3.12. The molecule has 1 aliphatic carbocycles. The number of ether oxygens (including phenoxy) is 1. The van der Waals surface area contributed by atoms with Gasteiger partial charge in [0.2, 0.25) is 5.82 Å². The van der Waals surface area contributed by atoms with Crippen LogP contribution in [0.5, 0.6) is 5.75 Å². The number of nitro benzene ring substituents is 1. The third-order valence-electron chi connectivity index (χ3n) is 3.00. The summed E-state index contributed by atoms with van der Waals surface area (Å²) in [5.74, 6) is -0.878. The molecule has 0 aliphatic heterocycles. The minimum atomic E-state index is -0.868. The molecule has 0 aromatic heterocycles. The zero-order chi connectivity index (χ0) is 13.1. The highest BCUT2D eigenvalue weighted by molar-refractivity contribution is 5.47. The number of nitrogens with zero attached hydrogens (tertiary/aromatic N) is 2. The van der Waals surface area contributed by atoms with E-state index in [2.05, 4.69) is 4.90 Å². The van der Waals surface area contributed by atoms with Gasteiger partial charge in [0.1, 0.15) is 6.61 Å². The van der Waals surface area contributed by atoms with Gasteiger partial charge in [0.25, 0.3) is 0 Å². The number of halogens is 1. The van der Waals surface area contributed by atoms with Crippen LogP contribution in [0.2, 0.25) is 0 Å². The molecule has 0 unspecified atom stereocenters. The molecule has 5 nitrogen and oxygen atoms in total. The fourth-order valence-corrected chi connectivity index (χ4v) is 1.79. The lowest BCUT2D eigenvalue weighted by atomic mass is 10.3. The fraction of sp³-hybridized carbons (Fsp3) is 0.500. The second-order valence-corrected chi connectivity index (χ2v) is 4.40. The maximum atomic E-state index is 13.3. The van der Waals surface area contributed by atoms with Crippen LogP contribution < -0.4 is 4.74 Å². The molecule has 1 saturated carbocycles. The van der Waals surface area contributed by atoms with Crippen LogP contribution in [-0.2, 0) is 0 Å². The maximum absolute atomic E-state index is 13.3. The third-order valence-corrected chi connectivity index (χ3v) is 3.00. The minimum absolute atomic E-state index is 0.0100. The van der Waals surface area contributed by atoms with Gasteiger partial charge in [0, 0.05) is 12.6 Å². The smallest absolute Gasteiger partial charge is 0.346 e. The quantitative estimate of drug-likeness (QED) is 0.577. The summed E-state index contributed by atoms with van der Waals surface area (Å²) in [6.45, 7) is 0.996. The number of nitro groups is 1. The van der Waals surface area contributed by atoms with E-state index in [1.807, 2.05) is 7.05 Å². The van der Waals surface area contributed by atoms with Gasteiger partial charge in [-0.2, -0.15) is 4.39 Å². The van der Waals surface area contributed by atoms with Crippen LogP contribution in [0.15, 0.2) is 18.2 Å². The lowest BCUT2D eigenvalue weighted by Gasteiger charge is -2.15. The first-order valence-corrected chi connectivity index (χ1v) is 5.85. The number of benzene rings is 1. The predicted octanol–water partition coefficient (Wildman–Crippen LogP) is 2.21. The Hall–Kier alpha value is -1.69. The Morgan fingerprint density at radius 2 is 2.28 bits per heavy atom. The van der Waals surface area contributed by atoms with Crippen molar-refractivity contribution in [3.8, 4) is 5.75 Å². The van der Waals surface area contributed by atoms with Crippen molar-refractivity contribution in [1.29, 1.82) is 0 Å². The summed E-state index contributed by atoms with van der Waals surface area (Å²) in [5, 5.41) is 10.7. The number of rotatable bonds is 6. The second kappa shape index (κ2) is 5.30. The molecule has 1 aliphatic rings. The first-order valence-electron chi connectivity index (χ1n) is 5.85. The number of hydrogen-bond donors (Lipinski definition) is 0. The lowest BCUT2D eigenvalue weighted by molar-refractivity contribution is -0.388. The molecule has 18 heavy (non-hydrogen) atoms. The summed E-state index contributed by atoms with van der Waals surface area (Å²) in [4.78, 5) is 12.1. The van der Waals surface area contributed by atoms with E-state index in [1.54, 1.807) is 0 Å². The Kier molecular flexibility index (Phi) is 3.76. The van der Waals surface area contributed by atoms with E-state index in [0.717, 1.165) is 6.07 Å². The van der Waals surface area contributed by atoms with E-state index in [1.165, 1.54) is 25.0 Å². The highest BCUT2D eigenvalue weighted by atomic mass is 19.1. The van der Waals surface area contributed by atoms with Gasteiger partial charge < -0.3 is 9.64 Å². The first-order chi connectivity index (χ1) is 8.59. The molecule has 0 amide bonds. The van der Waals surface area contributed by atoms with Gasteiger partial charge in [-0.05, 0) is 32.0 Å². The monoisotopic (exact) mass is 254 g/mol. The Morgan fingerprint density at radius 1 is 1.56 bits per heavy atom. The molecule has 0 atom stereocenters. The van der Waals surface area contributed by atoms with Crippen LogP contribution in [0, 0.1) is 15.9 Å². The van der Waals surface area contributed by atoms with Gasteiger partial charge in [-0.3, -0.25) is 10.1 Å². The van der Waals surface area contributed by atoms with Gasteiger partial charge in [0.05, 0.1) is 4.92 Å². The largest absolute Gasteiger partial charge is 0.485 e. The van der Waals surface area contributed by atoms with E-state index in [4.69, 9.17) is 4.74 Å². The third kappa shape index (κ3) is 2.95. The molecule has 0 radical (unpaired) electrons. The molecule has 0 saturated heterocycles. The van der Waals surface area contributed by atoms with Crippen LogP contribution >= 0.6 is 0 Å². The number of likely N-dealkylation sites (N-methyl/N-ethyl adjacent to an activating group) is 1. The highest BCUT2D eigenvalue weighted by Gasteiger charge is 2.26. The zero-order valence-electron chi connectivity index (χ0n) is 10.1. The van der Waals surface area contributed by atoms with Crippen LogP contribution in [0.1, 0.15) is 12.8 Å². The van der Waals surface area contributed by atoms with Crippen molar-refractivity contribution in [2.24, 2.45) is 0 Å². The van der Waals surface area contributed by atoms with Crippen molar-refractivity contribution in [3.63, 3.8) is 0 Å². The molecule has 0 N–H and O–H groups in total. The molecule has 1 aromatic rings. The summed E-state index contributed by atoms with van der Waals surface area (Å²) in [7, 11) is 1.99. The molecule has 6 heteroatoms. The van der Waals surface area contributed by atoms with Gasteiger partial charge >= 0.3 is 5.69 Å². The molecular formula is C12H15FN2O3.